The van der Waals surface area contributed by atoms with Crippen LogP contribution >= 0.6 is 0 Å². The highest BCUT2D eigenvalue weighted by Gasteiger charge is 2.27. The molecule has 16 heavy (non-hydrogen) atoms. The van der Waals surface area contributed by atoms with Gasteiger partial charge in [-0.1, -0.05) is 12.1 Å². The highest BCUT2D eigenvalue weighted by Crippen LogP contribution is 2.20. The number of hydrogen-bond acceptors (Lipinski definition) is 2. The molecule has 2 rings (SSSR count). The van der Waals surface area contributed by atoms with Gasteiger partial charge in [0, 0.05) is 5.69 Å². The van der Waals surface area contributed by atoms with Crippen LogP contribution in [0.15, 0.2) is 24.3 Å². The number of ether oxygens (including phenoxy) is 1. The van der Waals surface area contributed by atoms with Crippen LogP contribution in [-0.4, -0.2) is 18.1 Å². The van der Waals surface area contributed by atoms with Crippen molar-refractivity contribution in [3.05, 3.63) is 29.8 Å². The van der Waals surface area contributed by atoms with Gasteiger partial charge in [-0.25, -0.2) is 0 Å². The summed E-state index contributed by atoms with van der Waals surface area (Å²) in [6.07, 6.45) is 1.70. The summed E-state index contributed by atoms with van der Waals surface area (Å²) < 4.78 is 5.51. The molecule has 3 heteroatoms. The smallest absolute Gasteiger partial charge is 0.253 e. The number of amides is 1. The highest BCUT2D eigenvalue weighted by atomic mass is 16.5. The van der Waals surface area contributed by atoms with E-state index in [0.717, 1.165) is 24.1 Å². The van der Waals surface area contributed by atoms with Gasteiger partial charge in [0.05, 0.1) is 6.10 Å². The lowest BCUT2D eigenvalue weighted by Gasteiger charge is -2.11. The maximum Gasteiger partial charge on any atom is 0.253 e. The minimum Gasteiger partial charge on any atom is -0.365 e. The summed E-state index contributed by atoms with van der Waals surface area (Å²) >= 11 is 0. The Balaban J connectivity index is 1.97. The Hall–Kier alpha value is -1.35. The zero-order valence-corrected chi connectivity index (χ0v) is 9.69. The second-order valence-corrected chi connectivity index (χ2v) is 4.37. The van der Waals surface area contributed by atoms with Gasteiger partial charge in [-0.05, 0) is 44.4 Å². The molecule has 1 heterocycles. The lowest BCUT2D eigenvalue weighted by Crippen LogP contribution is -2.27. The molecule has 1 aromatic rings. The van der Waals surface area contributed by atoms with Gasteiger partial charge in [0.2, 0.25) is 0 Å². The van der Waals surface area contributed by atoms with Crippen LogP contribution in [0.1, 0.15) is 25.3 Å². The summed E-state index contributed by atoms with van der Waals surface area (Å²) in [5.74, 6) is -0.0325. The molecule has 0 saturated carbocycles. The molecule has 1 aromatic carbocycles. The maximum absolute atomic E-state index is 11.8. The first-order valence-corrected chi connectivity index (χ1v) is 5.68. The highest BCUT2D eigenvalue weighted by molar-refractivity contribution is 5.94. The normalized spacial score (nSPS) is 24.4. The van der Waals surface area contributed by atoms with Gasteiger partial charge in [-0.3, -0.25) is 4.79 Å². The first-order valence-electron chi connectivity index (χ1n) is 5.68. The molecule has 1 fully saturated rings. The molecule has 1 saturated heterocycles. The van der Waals surface area contributed by atoms with E-state index < -0.39 is 0 Å². The number of rotatable bonds is 2. The Labute approximate surface area is 95.8 Å². The van der Waals surface area contributed by atoms with Crippen molar-refractivity contribution in [2.24, 2.45) is 0 Å². The molecule has 0 aromatic heterocycles. The van der Waals surface area contributed by atoms with Crippen molar-refractivity contribution in [2.45, 2.75) is 38.9 Å². The number of benzene rings is 1. The Morgan fingerprint density at radius 2 is 2.25 bits per heavy atom. The zero-order valence-electron chi connectivity index (χ0n) is 9.69. The third-order valence-corrected chi connectivity index (χ3v) is 2.81. The van der Waals surface area contributed by atoms with Crippen LogP contribution in [0.5, 0.6) is 0 Å². The molecule has 3 nitrogen and oxygen atoms in total. The molecule has 86 valence electrons. The van der Waals surface area contributed by atoms with Crippen LogP contribution in [0.2, 0.25) is 0 Å². The predicted octanol–water partition coefficient (Wildman–Crippen LogP) is 2.50. The van der Waals surface area contributed by atoms with E-state index in [2.05, 4.69) is 5.32 Å². The summed E-state index contributed by atoms with van der Waals surface area (Å²) in [7, 11) is 0. The van der Waals surface area contributed by atoms with Gasteiger partial charge in [-0.15, -0.1) is 0 Å². The van der Waals surface area contributed by atoms with Crippen molar-refractivity contribution >= 4 is 11.6 Å². The molecular formula is C13H17NO2. The van der Waals surface area contributed by atoms with E-state index in [4.69, 9.17) is 4.74 Å². The maximum atomic E-state index is 11.8. The molecule has 0 bridgehead atoms. The molecule has 0 aliphatic carbocycles. The van der Waals surface area contributed by atoms with Crippen molar-refractivity contribution in [1.82, 2.24) is 0 Å². The van der Waals surface area contributed by atoms with Crippen LogP contribution in [0, 0.1) is 6.92 Å². The molecule has 0 spiro atoms. The van der Waals surface area contributed by atoms with E-state index in [0.29, 0.717) is 0 Å². The second-order valence-electron chi connectivity index (χ2n) is 4.37. The minimum absolute atomic E-state index is 0.0325. The van der Waals surface area contributed by atoms with E-state index in [1.54, 1.807) is 0 Å². The fourth-order valence-electron chi connectivity index (χ4n) is 1.94. The van der Waals surface area contributed by atoms with E-state index in [1.165, 1.54) is 0 Å². The topological polar surface area (TPSA) is 38.3 Å². The first kappa shape index (κ1) is 11.1. The molecule has 1 aliphatic heterocycles. The Morgan fingerprint density at radius 3 is 2.88 bits per heavy atom. The average Bonchev–Trinajstić information content (AvgIpc) is 2.65. The number of carbonyl (C=O) groups is 1. The summed E-state index contributed by atoms with van der Waals surface area (Å²) in [6, 6.07) is 7.78. The number of hydrogen-bond donors (Lipinski definition) is 1. The predicted molar refractivity (Wildman–Crippen MR) is 63.4 cm³/mol. The molecule has 1 aliphatic rings. The van der Waals surface area contributed by atoms with Gasteiger partial charge in [0.25, 0.3) is 5.91 Å². The summed E-state index contributed by atoms with van der Waals surface area (Å²) in [5.41, 5.74) is 1.98. The molecule has 1 N–H and O–H groups in total. The van der Waals surface area contributed by atoms with Gasteiger partial charge in [0.15, 0.2) is 0 Å². The lowest BCUT2D eigenvalue weighted by atomic mass is 10.2. The molecule has 0 radical (unpaired) electrons. The van der Waals surface area contributed by atoms with Crippen molar-refractivity contribution in [3.63, 3.8) is 0 Å². The Bertz CT molecular complexity index is 389. The Morgan fingerprint density at radius 1 is 1.44 bits per heavy atom. The number of anilines is 1. The third-order valence-electron chi connectivity index (χ3n) is 2.81. The number of aryl methyl sites for hydroxylation is 1. The molecule has 1 amide bonds. The average molecular weight is 219 g/mol. The second kappa shape index (κ2) is 4.66. The van der Waals surface area contributed by atoms with Crippen LogP contribution in [0.3, 0.4) is 0 Å². The fourth-order valence-corrected chi connectivity index (χ4v) is 1.94. The van der Waals surface area contributed by atoms with E-state index in [-0.39, 0.29) is 18.1 Å². The monoisotopic (exact) mass is 219 g/mol. The standard InChI is InChI=1S/C13H17NO2/c1-9-4-3-5-11(8-9)14-13(15)12-7-6-10(2)16-12/h3-5,8,10,12H,6-7H2,1-2H3,(H,14,15). The van der Waals surface area contributed by atoms with Crippen LogP contribution in [0.4, 0.5) is 5.69 Å². The van der Waals surface area contributed by atoms with Gasteiger partial charge in [-0.2, -0.15) is 0 Å². The minimum atomic E-state index is -0.282. The van der Waals surface area contributed by atoms with Crippen LogP contribution in [-0.2, 0) is 9.53 Å². The van der Waals surface area contributed by atoms with Crippen molar-refractivity contribution in [1.29, 1.82) is 0 Å². The quantitative estimate of drug-likeness (QED) is 0.830. The van der Waals surface area contributed by atoms with Gasteiger partial charge in [0.1, 0.15) is 6.10 Å². The summed E-state index contributed by atoms with van der Waals surface area (Å²) in [6.45, 7) is 4.00. The molecular weight excluding hydrogens is 202 g/mol. The Kier molecular flexibility index (Phi) is 3.25. The van der Waals surface area contributed by atoms with Crippen LogP contribution in [0.25, 0.3) is 0 Å². The first-order chi connectivity index (χ1) is 7.65. The van der Waals surface area contributed by atoms with E-state index in [9.17, 15) is 4.79 Å². The zero-order chi connectivity index (χ0) is 11.5. The molecule has 2 atom stereocenters. The lowest BCUT2D eigenvalue weighted by molar-refractivity contribution is -0.126. The van der Waals surface area contributed by atoms with Gasteiger partial charge < -0.3 is 10.1 Å². The largest absolute Gasteiger partial charge is 0.365 e. The van der Waals surface area contributed by atoms with Crippen molar-refractivity contribution < 1.29 is 9.53 Å². The van der Waals surface area contributed by atoms with Crippen LogP contribution < -0.4 is 5.32 Å². The number of nitrogens with one attached hydrogen (secondary N) is 1. The van der Waals surface area contributed by atoms with Crippen molar-refractivity contribution in [2.75, 3.05) is 5.32 Å². The summed E-state index contributed by atoms with van der Waals surface area (Å²) in [4.78, 5) is 11.8. The molecule has 2 unspecified atom stereocenters. The van der Waals surface area contributed by atoms with E-state index in [1.807, 2.05) is 38.1 Å². The summed E-state index contributed by atoms with van der Waals surface area (Å²) in [5, 5.41) is 2.88. The third kappa shape index (κ3) is 2.61. The SMILES string of the molecule is Cc1cccc(NC(=O)C2CCC(C)O2)c1. The van der Waals surface area contributed by atoms with E-state index >= 15 is 0 Å². The fraction of sp³-hybridized carbons (Fsp3) is 0.462. The van der Waals surface area contributed by atoms with Gasteiger partial charge >= 0.3 is 0 Å². The van der Waals surface area contributed by atoms with Crippen molar-refractivity contribution in [3.8, 4) is 0 Å². The number of carbonyl (C=O) groups excluding carboxylic acids is 1.